The van der Waals surface area contributed by atoms with Crippen LogP contribution in [0.4, 0.5) is 0 Å². The molecule has 13 heavy (non-hydrogen) atoms. The van der Waals surface area contributed by atoms with E-state index in [9.17, 15) is 19.2 Å². The number of hydrogen-bond donors (Lipinski definition) is 0. The number of ketones is 2. The molecule has 0 amide bonds. The van der Waals surface area contributed by atoms with Gasteiger partial charge in [0.2, 0.25) is 0 Å². The first-order chi connectivity index (χ1) is 5.99. The Morgan fingerprint density at radius 2 is 1.54 bits per heavy atom. The van der Waals surface area contributed by atoms with Crippen LogP contribution in [0.5, 0.6) is 0 Å². The van der Waals surface area contributed by atoms with Crippen molar-refractivity contribution in [1.82, 2.24) is 0 Å². The predicted molar refractivity (Wildman–Crippen MR) is 33.9 cm³/mol. The van der Waals surface area contributed by atoms with Crippen molar-refractivity contribution in [3.8, 4) is 0 Å². The molecule has 0 heterocycles. The molecule has 7 heteroatoms. The number of carbonyl (C=O) groups excluding carboxylic acids is 4. The predicted octanol–water partition coefficient (Wildman–Crippen LogP) is -1.51. The zero-order valence-corrected chi connectivity index (χ0v) is 7.48. The van der Waals surface area contributed by atoms with Gasteiger partial charge in [0.05, 0.1) is 0 Å². The van der Waals surface area contributed by atoms with E-state index >= 15 is 0 Å². The summed E-state index contributed by atoms with van der Waals surface area (Å²) in [6.07, 6.45) is 0. The molecular weight excluding hydrogens is 224 g/mol. The van der Waals surface area contributed by atoms with Gasteiger partial charge >= 0.3 is 79.9 Å². The Labute approximate surface area is 80.5 Å². The first-order valence-electron chi connectivity index (χ1n) is 2.88. The van der Waals surface area contributed by atoms with Crippen LogP contribution in [0.1, 0.15) is 6.92 Å². The second-order valence-corrected chi connectivity index (χ2v) is 2.08. The van der Waals surface area contributed by atoms with Gasteiger partial charge < -0.3 is 0 Å². The fraction of sp³-hybridized carbons (Fsp3) is 0.167. The summed E-state index contributed by atoms with van der Waals surface area (Å²) < 4.78 is 0. The van der Waals surface area contributed by atoms with Gasteiger partial charge in [0.1, 0.15) is 0 Å². The van der Waals surface area contributed by atoms with Crippen molar-refractivity contribution in [2.45, 2.75) is 6.92 Å². The quantitative estimate of drug-likeness (QED) is 0.252. The fourth-order valence-electron chi connectivity index (χ4n) is 0.217. The molecule has 0 aliphatic heterocycles. The molecule has 0 saturated carbocycles. The number of rotatable bonds is 3. The molecule has 0 N–H and O–H groups in total. The number of Topliss-reactive ketones (excluding diaryl/α,β-unsaturated/α-hetero) is 2. The van der Waals surface area contributed by atoms with Crippen molar-refractivity contribution in [2.75, 3.05) is 0 Å². The standard InChI is InChI=1S/C6H4O6.Fe/c1-3(7)5(9)11-12-6(10)4(2)8;/h1H,2H3;. The topological polar surface area (TPSA) is 86.7 Å². The molecule has 0 fully saturated rings. The van der Waals surface area contributed by atoms with Gasteiger partial charge in [0, 0.05) is 0 Å². The second-order valence-electron chi connectivity index (χ2n) is 1.76. The summed E-state index contributed by atoms with van der Waals surface area (Å²) in [6.45, 7) is 0.922. The summed E-state index contributed by atoms with van der Waals surface area (Å²) in [4.78, 5) is 49.5. The SMILES string of the molecule is CC(=O)C(=O)OOC(=O)C(=O)[CH]=[Fe]. The summed E-state index contributed by atoms with van der Waals surface area (Å²) in [5.41, 5.74) is 0. The molecule has 0 radical (unpaired) electrons. The van der Waals surface area contributed by atoms with Gasteiger partial charge in [-0.1, -0.05) is 0 Å². The fourth-order valence-corrected chi connectivity index (χ4v) is 0.347. The number of carbonyl (C=O) groups is 4. The van der Waals surface area contributed by atoms with Crippen molar-refractivity contribution < 1.29 is 44.5 Å². The summed E-state index contributed by atoms with van der Waals surface area (Å²) in [7, 11) is 0. The van der Waals surface area contributed by atoms with Crippen LogP contribution in [-0.2, 0) is 44.5 Å². The Hall–Kier alpha value is -1.33. The van der Waals surface area contributed by atoms with Gasteiger partial charge in [-0.25, -0.2) is 0 Å². The van der Waals surface area contributed by atoms with Gasteiger partial charge in [0.25, 0.3) is 0 Å². The molecule has 6 nitrogen and oxygen atoms in total. The molecule has 0 aromatic carbocycles. The third-order valence-corrected chi connectivity index (χ3v) is 1.06. The van der Waals surface area contributed by atoms with Gasteiger partial charge in [-0.05, 0) is 0 Å². The van der Waals surface area contributed by atoms with E-state index in [1.807, 2.05) is 0 Å². The molecule has 0 atom stereocenters. The first-order valence-corrected chi connectivity index (χ1v) is 3.52. The molecule has 0 aromatic rings. The van der Waals surface area contributed by atoms with Crippen molar-refractivity contribution in [3.05, 3.63) is 0 Å². The van der Waals surface area contributed by atoms with E-state index in [-0.39, 0.29) is 0 Å². The van der Waals surface area contributed by atoms with E-state index in [4.69, 9.17) is 0 Å². The molecule has 0 unspecified atom stereocenters. The first kappa shape index (κ1) is 11.7. The van der Waals surface area contributed by atoms with Crippen LogP contribution >= 0.6 is 0 Å². The van der Waals surface area contributed by atoms with E-state index in [0.717, 1.165) is 6.92 Å². The average molecular weight is 228 g/mol. The average Bonchev–Trinajstić information content (AvgIpc) is 2.11. The monoisotopic (exact) mass is 228 g/mol. The molecule has 0 aliphatic carbocycles. The number of hydrogen-bond acceptors (Lipinski definition) is 6. The van der Waals surface area contributed by atoms with Crippen LogP contribution in [0.25, 0.3) is 0 Å². The Kier molecular flexibility index (Phi) is 4.79. The molecule has 0 aromatic heterocycles. The summed E-state index contributed by atoms with van der Waals surface area (Å²) in [6, 6.07) is 0. The van der Waals surface area contributed by atoms with Gasteiger partial charge in [-0.3, -0.25) is 0 Å². The summed E-state index contributed by atoms with van der Waals surface area (Å²) >= 11 is 2.99. The Morgan fingerprint density at radius 3 is 1.92 bits per heavy atom. The van der Waals surface area contributed by atoms with Crippen LogP contribution in [0.2, 0.25) is 0 Å². The third kappa shape index (κ3) is 4.29. The Morgan fingerprint density at radius 1 is 1.08 bits per heavy atom. The van der Waals surface area contributed by atoms with Crippen LogP contribution in [0.15, 0.2) is 0 Å². The summed E-state index contributed by atoms with van der Waals surface area (Å²) in [5, 5.41) is 0. The second kappa shape index (κ2) is 5.34. The normalized spacial score (nSPS) is 8.46. The zero-order chi connectivity index (χ0) is 10.4. The molecule has 0 saturated heterocycles. The van der Waals surface area contributed by atoms with Crippen LogP contribution in [0, 0.1) is 0 Å². The molecule has 0 rings (SSSR count). The zero-order valence-electron chi connectivity index (χ0n) is 6.38. The van der Waals surface area contributed by atoms with E-state index in [1.54, 1.807) is 0 Å². The maximum absolute atomic E-state index is 10.5. The van der Waals surface area contributed by atoms with Gasteiger partial charge in [-0.15, -0.1) is 0 Å². The Bertz CT molecular complexity index is 281. The summed E-state index contributed by atoms with van der Waals surface area (Å²) in [5.74, 6) is -4.79. The van der Waals surface area contributed by atoms with E-state index in [0.29, 0.717) is 4.92 Å². The molecule has 0 aliphatic rings. The molecule has 0 bridgehead atoms. The molecule has 72 valence electrons. The molecule has 0 spiro atoms. The van der Waals surface area contributed by atoms with Crippen molar-refractivity contribution in [2.24, 2.45) is 0 Å². The van der Waals surface area contributed by atoms with Crippen molar-refractivity contribution >= 4 is 28.4 Å². The van der Waals surface area contributed by atoms with Crippen LogP contribution in [-0.4, -0.2) is 28.4 Å². The van der Waals surface area contributed by atoms with Gasteiger partial charge in [0.15, 0.2) is 0 Å². The molecular formula is C6H4FeO6. The van der Waals surface area contributed by atoms with E-state index in [2.05, 4.69) is 25.4 Å². The Balaban J connectivity index is 3.97. The van der Waals surface area contributed by atoms with Crippen LogP contribution in [0.3, 0.4) is 0 Å². The van der Waals surface area contributed by atoms with Gasteiger partial charge in [-0.2, -0.15) is 0 Å². The maximum atomic E-state index is 10.5. The minimum atomic E-state index is -1.41. The van der Waals surface area contributed by atoms with Crippen molar-refractivity contribution in [1.29, 1.82) is 0 Å². The minimum absolute atomic E-state index is 0.684. The van der Waals surface area contributed by atoms with Crippen LogP contribution < -0.4 is 0 Å². The van der Waals surface area contributed by atoms with Crippen molar-refractivity contribution in [3.63, 3.8) is 0 Å². The third-order valence-electron chi connectivity index (χ3n) is 0.774. The van der Waals surface area contributed by atoms with E-state index < -0.39 is 23.5 Å². The van der Waals surface area contributed by atoms with E-state index in [1.165, 1.54) is 0 Å².